The van der Waals surface area contributed by atoms with Gasteiger partial charge in [-0.1, -0.05) is 44.2 Å². The molecule has 1 aromatic rings. The summed E-state index contributed by atoms with van der Waals surface area (Å²) in [6.07, 6.45) is 0. The maximum absolute atomic E-state index is 13.4. The van der Waals surface area contributed by atoms with Gasteiger partial charge in [-0.2, -0.15) is 4.39 Å². The normalized spacial score (nSPS) is 12.5. The van der Waals surface area contributed by atoms with Crippen LogP contribution in [0.2, 0.25) is 0 Å². The van der Waals surface area contributed by atoms with E-state index in [4.69, 9.17) is 5.11 Å². The van der Waals surface area contributed by atoms with Gasteiger partial charge in [-0.3, -0.25) is 0 Å². The summed E-state index contributed by atoms with van der Waals surface area (Å²) in [6, 6.07) is 8.73. The Labute approximate surface area is 88.1 Å². The Morgan fingerprint density at radius 2 is 1.80 bits per heavy atom. The molecule has 0 aliphatic rings. The van der Waals surface area contributed by atoms with Crippen molar-refractivity contribution in [2.45, 2.75) is 13.8 Å². The Bertz CT molecular complexity index is 380. The third kappa shape index (κ3) is 2.65. The van der Waals surface area contributed by atoms with Crippen molar-refractivity contribution < 1.29 is 14.3 Å². The van der Waals surface area contributed by atoms with Gasteiger partial charge in [-0.15, -0.1) is 0 Å². The zero-order valence-electron chi connectivity index (χ0n) is 8.70. The highest BCUT2D eigenvalue weighted by atomic mass is 19.1. The van der Waals surface area contributed by atoms with Crippen molar-refractivity contribution in [2.75, 3.05) is 0 Å². The lowest BCUT2D eigenvalue weighted by molar-refractivity contribution is -0.134. The van der Waals surface area contributed by atoms with Crippen LogP contribution in [0, 0.1) is 5.92 Å². The second-order valence-electron chi connectivity index (χ2n) is 3.55. The van der Waals surface area contributed by atoms with Crippen LogP contribution in [-0.4, -0.2) is 11.1 Å². The van der Waals surface area contributed by atoms with E-state index >= 15 is 0 Å². The first-order valence-electron chi connectivity index (χ1n) is 4.72. The van der Waals surface area contributed by atoms with E-state index in [9.17, 15) is 9.18 Å². The fourth-order valence-corrected chi connectivity index (χ4v) is 1.45. The highest BCUT2D eigenvalue weighted by Gasteiger charge is 2.18. The van der Waals surface area contributed by atoms with Gasteiger partial charge in [0.2, 0.25) is 5.83 Å². The van der Waals surface area contributed by atoms with E-state index < -0.39 is 11.8 Å². The molecule has 0 atom stereocenters. The van der Waals surface area contributed by atoms with Gasteiger partial charge in [-0.05, 0) is 11.5 Å². The molecule has 1 N–H and O–H groups in total. The largest absolute Gasteiger partial charge is 0.476 e. The van der Waals surface area contributed by atoms with Crippen molar-refractivity contribution in [3.05, 3.63) is 41.7 Å². The average molecular weight is 208 g/mol. The number of carboxylic acid groups (broad SMARTS) is 1. The van der Waals surface area contributed by atoms with Crippen molar-refractivity contribution in [3.8, 4) is 0 Å². The lowest BCUT2D eigenvalue weighted by atomic mass is 9.94. The molecule has 0 saturated heterocycles. The minimum atomic E-state index is -1.51. The Balaban J connectivity index is 3.27. The van der Waals surface area contributed by atoms with Gasteiger partial charge in [0.05, 0.1) is 0 Å². The number of aliphatic carboxylic acids is 1. The summed E-state index contributed by atoms with van der Waals surface area (Å²) in [7, 11) is 0. The number of halogens is 1. The monoisotopic (exact) mass is 208 g/mol. The first-order chi connectivity index (χ1) is 7.04. The van der Waals surface area contributed by atoms with Crippen molar-refractivity contribution in [3.63, 3.8) is 0 Å². The van der Waals surface area contributed by atoms with Crippen LogP contribution in [0.5, 0.6) is 0 Å². The lowest BCUT2D eigenvalue weighted by Crippen LogP contribution is -2.04. The fourth-order valence-electron chi connectivity index (χ4n) is 1.45. The summed E-state index contributed by atoms with van der Waals surface area (Å²) in [4.78, 5) is 10.6. The van der Waals surface area contributed by atoms with E-state index in [1.165, 1.54) is 0 Å². The first-order valence-corrected chi connectivity index (χ1v) is 4.72. The number of allylic oxidation sites excluding steroid dienone is 1. The van der Waals surface area contributed by atoms with Crippen molar-refractivity contribution >= 4 is 11.5 Å². The van der Waals surface area contributed by atoms with Gasteiger partial charge in [-0.25, -0.2) is 4.79 Å². The summed E-state index contributed by atoms with van der Waals surface area (Å²) >= 11 is 0. The molecular formula is C12H13FO2. The molecule has 1 rings (SSSR count). The van der Waals surface area contributed by atoms with Crippen LogP contribution in [0.1, 0.15) is 19.4 Å². The average Bonchev–Trinajstić information content (AvgIpc) is 2.18. The first kappa shape index (κ1) is 11.4. The fraction of sp³-hybridized carbons (Fsp3) is 0.250. The van der Waals surface area contributed by atoms with Crippen LogP contribution in [0.4, 0.5) is 4.39 Å². The molecule has 2 nitrogen and oxygen atoms in total. The molecule has 1 aromatic carbocycles. The van der Waals surface area contributed by atoms with E-state index in [1.807, 2.05) is 0 Å². The lowest BCUT2D eigenvalue weighted by Gasteiger charge is -2.11. The molecule has 0 aliphatic carbocycles. The maximum Gasteiger partial charge on any atom is 0.365 e. The van der Waals surface area contributed by atoms with Crippen molar-refractivity contribution in [2.24, 2.45) is 5.92 Å². The molecule has 3 heteroatoms. The smallest absolute Gasteiger partial charge is 0.365 e. The second kappa shape index (κ2) is 4.73. The Hall–Kier alpha value is -1.64. The quantitative estimate of drug-likeness (QED) is 0.775. The summed E-state index contributed by atoms with van der Waals surface area (Å²) in [5.41, 5.74) is 0.857. The number of rotatable bonds is 3. The van der Waals surface area contributed by atoms with Gasteiger partial charge < -0.3 is 5.11 Å². The van der Waals surface area contributed by atoms with E-state index in [0.29, 0.717) is 5.56 Å². The predicted octanol–water partition coefficient (Wildman–Crippen LogP) is 3.11. The number of carbonyl (C=O) groups is 1. The summed E-state index contributed by atoms with van der Waals surface area (Å²) < 4.78 is 13.4. The molecule has 0 aromatic heterocycles. The third-order valence-corrected chi connectivity index (χ3v) is 2.09. The second-order valence-corrected chi connectivity index (χ2v) is 3.55. The standard InChI is InChI=1S/C12H13FO2/c1-8(2)10(11(13)12(14)15)9-6-4-3-5-7-9/h3-8H,1-2H3,(H,14,15)/b11-10-. The molecule has 0 unspecified atom stereocenters. The molecular weight excluding hydrogens is 195 g/mol. The number of hydrogen-bond donors (Lipinski definition) is 1. The van der Waals surface area contributed by atoms with Crippen LogP contribution in [0.25, 0.3) is 5.57 Å². The number of carboxylic acids is 1. The van der Waals surface area contributed by atoms with Crippen molar-refractivity contribution in [1.82, 2.24) is 0 Å². The van der Waals surface area contributed by atoms with Crippen LogP contribution in [0.3, 0.4) is 0 Å². The summed E-state index contributed by atoms with van der Waals surface area (Å²) in [5.74, 6) is -2.75. The Morgan fingerprint density at radius 3 is 2.20 bits per heavy atom. The van der Waals surface area contributed by atoms with Gasteiger partial charge >= 0.3 is 5.97 Å². The van der Waals surface area contributed by atoms with Gasteiger partial charge in [0.1, 0.15) is 0 Å². The topological polar surface area (TPSA) is 37.3 Å². The molecule has 80 valence electrons. The molecule has 0 bridgehead atoms. The van der Waals surface area contributed by atoms with Crippen molar-refractivity contribution in [1.29, 1.82) is 0 Å². The van der Waals surface area contributed by atoms with Crippen LogP contribution >= 0.6 is 0 Å². The highest BCUT2D eigenvalue weighted by molar-refractivity contribution is 5.94. The summed E-state index contributed by atoms with van der Waals surface area (Å²) in [6.45, 7) is 3.54. The number of benzene rings is 1. The maximum atomic E-state index is 13.4. The minimum absolute atomic E-state index is 0.163. The van der Waals surface area contributed by atoms with E-state index in [2.05, 4.69) is 0 Å². The van der Waals surface area contributed by atoms with Crippen LogP contribution in [0.15, 0.2) is 36.2 Å². The number of hydrogen-bond acceptors (Lipinski definition) is 1. The van der Waals surface area contributed by atoms with E-state index in [0.717, 1.165) is 0 Å². The molecule has 0 spiro atoms. The predicted molar refractivity (Wildman–Crippen MR) is 56.9 cm³/mol. The molecule has 0 aliphatic heterocycles. The minimum Gasteiger partial charge on any atom is -0.476 e. The van der Waals surface area contributed by atoms with Gasteiger partial charge in [0, 0.05) is 5.57 Å². The summed E-state index contributed by atoms with van der Waals surface area (Å²) in [5, 5.41) is 8.63. The molecule has 0 radical (unpaired) electrons. The zero-order chi connectivity index (χ0) is 11.4. The highest BCUT2D eigenvalue weighted by Crippen LogP contribution is 2.27. The van der Waals surface area contributed by atoms with Gasteiger partial charge in [0.25, 0.3) is 0 Å². The third-order valence-electron chi connectivity index (χ3n) is 2.09. The zero-order valence-corrected chi connectivity index (χ0v) is 8.70. The van der Waals surface area contributed by atoms with Gasteiger partial charge in [0.15, 0.2) is 0 Å². The molecule has 0 amide bonds. The SMILES string of the molecule is CC(C)/C(=C(/F)C(=O)O)c1ccccc1. The molecule has 0 saturated carbocycles. The van der Waals surface area contributed by atoms with E-state index in [-0.39, 0.29) is 11.5 Å². The van der Waals surface area contributed by atoms with Crippen LogP contribution < -0.4 is 0 Å². The molecule has 0 fully saturated rings. The Kier molecular flexibility index (Phi) is 3.61. The Morgan fingerprint density at radius 1 is 1.27 bits per heavy atom. The van der Waals surface area contributed by atoms with E-state index in [1.54, 1.807) is 44.2 Å². The van der Waals surface area contributed by atoms with Crippen LogP contribution in [-0.2, 0) is 4.79 Å². The molecule has 0 heterocycles. The molecule has 15 heavy (non-hydrogen) atoms.